The van der Waals surface area contributed by atoms with E-state index in [2.05, 4.69) is 17.2 Å². The van der Waals surface area contributed by atoms with Crippen LogP contribution in [0.25, 0.3) is 0 Å². The van der Waals surface area contributed by atoms with Crippen molar-refractivity contribution in [1.29, 1.82) is 0 Å². The second-order valence-electron chi connectivity index (χ2n) is 1.81. The maximum absolute atomic E-state index is 10.6. The number of thiophene rings is 1. The van der Waals surface area contributed by atoms with Gasteiger partial charge in [-0.2, -0.15) is 0 Å². The fourth-order valence-corrected chi connectivity index (χ4v) is 1.10. The summed E-state index contributed by atoms with van der Waals surface area (Å²) in [5.41, 5.74) is 0. The number of hydrogen-bond donors (Lipinski definition) is 1. The smallest absolute Gasteiger partial charge is 0.296 e. The van der Waals surface area contributed by atoms with Crippen molar-refractivity contribution >= 4 is 17.2 Å². The van der Waals surface area contributed by atoms with Crippen LogP contribution in [-0.2, 0) is 4.79 Å². The van der Waals surface area contributed by atoms with E-state index < -0.39 is 0 Å². The quantitative estimate of drug-likeness (QED) is 0.567. The van der Waals surface area contributed by atoms with E-state index in [-0.39, 0.29) is 5.91 Å². The molecule has 56 valence electrons. The van der Waals surface area contributed by atoms with E-state index in [0.29, 0.717) is 0 Å². The molecule has 0 aliphatic carbocycles. The summed E-state index contributed by atoms with van der Waals surface area (Å²) >= 11 is 1.52. The van der Waals surface area contributed by atoms with E-state index in [4.69, 9.17) is 0 Å². The summed E-state index contributed by atoms with van der Waals surface area (Å²) in [7, 11) is 1.56. The number of hydrogen-bond acceptors (Lipinski definition) is 2. The monoisotopic (exact) mass is 165 g/mol. The number of carbonyl (C=O) groups excluding carboxylic acids is 1. The molecule has 3 heteroatoms. The summed E-state index contributed by atoms with van der Waals surface area (Å²) in [6.45, 7) is 0. The lowest BCUT2D eigenvalue weighted by Gasteiger charge is -1.82. The molecular formula is C8H7NOS. The van der Waals surface area contributed by atoms with Crippen molar-refractivity contribution in [2.24, 2.45) is 0 Å². The first-order valence-electron chi connectivity index (χ1n) is 3.10. The van der Waals surface area contributed by atoms with Crippen LogP contribution in [0, 0.1) is 11.8 Å². The SMILES string of the molecule is CNC(=O)C#Cc1cccs1. The van der Waals surface area contributed by atoms with Gasteiger partial charge in [-0.25, -0.2) is 0 Å². The zero-order valence-corrected chi connectivity index (χ0v) is 6.87. The van der Waals surface area contributed by atoms with Crippen LogP contribution in [0.5, 0.6) is 0 Å². The molecule has 1 N–H and O–H groups in total. The van der Waals surface area contributed by atoms with Gasteiger partial charge in [-0.05, 0) is 17.4 Å². The van der Waals surface area contributed by atoms with Crippen LogP contribution in [0.4, 0.5) is 0 Å². The molecule has 2 nitrogen and oxygen atoms in total. The molecule has 1 amide bonds. The van der Waals surface area contributed by atoms with Crippen LogP contribution < -0.4 is 5.32 Å². The molecule has 1 rings (SSSR count). The first kappa shape index (κ1) is 7.83. The highest BCUT2D eigenvalue weighted by molar-refractivity contribution is 7.10. The molecule has 0 aliphatic heterocycles. The van der Waals surface area contributed by atoms with Crippen LogP contribution in [0.1, 0.15) is 4.88 Å². The molecule has 0 bridgehead atoms. The summed E-state index contributed by atoms with van der Waals surface area (Å²) < 4.78 is 0. The summed E-state index contributed by atoms with van der Waals surface area (Å²) in [5, 5.41) is 4.34. The minimum absolute atomic E-state index is 0.251. The van der Waals surface area contributed by atoms with E-state index in [1.54, 1.807) is 7.05 Å². The molecule has 1 aromatic heterocycles. The average Bonchev–Trinajstić information content (AvgIpc) is 2.52. The highest BCUT2D eigenvalue weighted by atomic mass is 32.1. The zero-order valence-electron chi connectivity index (χ0n) is 6.05. The van der Waals surface area contributed by atoms with Gasteiger partial charge in [0.2, 0.25) is 0 Å². The maximum atomic E-state index is 10.6. The van der Waals surface area contributed by atoms with Gasteiger partial charge in [0.05, 0.1) is 4.88 Å². The average molecular weight is 165 g/mol. The third-order valence-electron chi connectivity index (χ3n) is 1.05. The Labute approximate surface area is 69.2 Å². The molecule has 1 heterocycles. The summed E-state index contributed by atoms with van der Waals surface area (Å²) in [4.78, 5) is 11.5. The van der Waals surface area contributed by atoms with E-state index in [1.165, 1.54) is 11.3 Å². The fraction of sp³-hybridized carbons (Fsp3) is 0.125. The number of amides is 1. The Kier molecular flexibility index (Phi) is 2.70. The Morgan fingerprint density at radius 1 is 1.73 bits per heavy atom. The van der Waals surface area contributed by atoms with Crippen LogP contribution in [0.15, 0.2) is 17.5 Å². The van der Waals surface area contributed by atoms with Gasteiger partial charge >= 0.3 is 0 Å². The molecule has 0 fully saturated rings. The van der Waals surface area contributed by atoms with Crippen LogP contribution in [-0.4, -0.2) is 13.0 Å². The van der Waals surface area contributed by atoms with Crippen LogP contribution in [0.3, 0.4) is 0 Å². The van der Waals surface area contributed by atoms with Crippen molar-refractivity contribution in [3.05, 3.63) is 22.4 Å². The molecule has 0 unspecified atom stereocenters. The third kappa shape index (κ3) is 2.44. The molecule has 0 saturated carbocycles. The van der Waals surface area contributed by atoms with E-state index in [1.807, 2.05) is 17.5 Å². The normalized spacial score (nSPS) is 8.09. The molecule has 0 spiro atoms. The van der Waals surface area contributed by atoms with Gasteiger partial charge in [-0.3, -0.25) is 4.79 Å². The second-order valence-corrected chi connectivity index (χ2v) is 2.75. The van der Waals surface area contributed by atoms with Crippen molar-refractivity contribution in [3.8, 4) is 11.8 Å². The minimum atomic E-state index is -0.251. The first-order chi connectivity index (χ1) is 5.33. The largest absolute Gasteiger partial charge is 0.348 e. The summed E-state index contributed by atoms with van der Waals surface area (Å²) in [5.74, 6) is 4.93. The van der Waals surface area contributed by atoms with Crippen LogP contribution >= 0.6 is 11.3 Å². The lowest BCUT2D eigenvalue weighted by atomic mass is 10.4. The predicted molar refractivity (Wildman–Crippen MR) is 45.3 cm³/mol. The van der Waals surface area contributed by atoms with E-state index in [9.17, 15) is 4.79 Å². The topological polar surface area (TPSA) is 29.1 Å². The van der Waals surface area contributed by atoms with Gasteiger partial charge in [-0.15, -0.1) is 11.3 Å². The maximum Gasteiger partial charge on any atom is 0.296 e. The van der Waals surface area contributed by atoms with Crippen LogP contribution in [0.2, 0.25) is 0 Å². The highest BCUT2D eigenvalue weighted by Crippen LogP contribution is 2.04. The van der Waals surface area contributed by atoms with Crippen molar-refractivity contribution in [2.75, 3.05) is 7.05 Å². The van der Waals surface area contributed by atoms with Crippen molar-refractivity contribution < 1.29 is 4.79 Å². The summed E-state index contributed by atoms with van der Waals surface area (Å²) in [6, 6.07) is 3.78. The standard InChI is InChI=1S/C8H7NOS/c1-9-8(10)5-4-7-3-2-6-11-7/h2-3,6H,1H3,(H,9,10). The Morgan fingerprint density at radius 2 is 2.55 bits per heavy atom. The van der Waals surface area contributed by atoms with Gasteiger partial charge in [0.25, 0.3) is 5.91 Å². The number of carbonyl (C=O) groups is 1. The van der Waals surface area contributed by atoms with Gasteiger partial charge in [0, 0.05) is 13.0 Å². The van der Waals surface area contributed by atoms with Gasteiger partial charge in [0.15, 0.2) is 0 Å². The third-order valence-corrected chi connectivity index (χ3v) is 1.83. The van der Waals surface area contributed by atoms with Crippen molar-refractivity contribution in [2.45, 2.75) is 0 Å². The molecule has 0 saturated heterocycles. The lowest BCUT2D eigenvalue weighted by Crippen LogP contribution is -2.14. The Morgan fingerprint density at radius 3 is 3.09 bits per heavy atom. The van der Waals surface area contributed by atoms with Crippen molar-refractivity contribution in [1.82, 2.24) is 5.32 Å². The Hall–Kier alpha value is -1.27. The molecule has 1 aromatic rings. The van der Waals surface area contributed by atoms with Gasteiger partial charge < -0.3 is 5.32 Å². The summed E-state index contributed by atoms with van der Waals surface area (Å²) in [6.07, 6.45) is 0. The van der Waals surface area contributed by atoms with E-state index >= 15 is 0 Å². The zero-order chi connectivity index (χ0) is 8.10. The van der Waals surface area contributed by atoms with E-state index in [0.717, 1.165) is 4.88 Å². The highest BCUT2D eigenvalue weighted by Gasteiger charge is 1.87. The lowest BCUT2D eigenvalue weighted by molar-refractivity contribution is -0.115. The molecule has 0 aromatic carbocycles. The van der Waals surface area contributed by atoms with Gasteiger partial charge in [0.1, 0.15) is 0 Å². The Bertz CT molecular complexity index is 292. The minimum Gasteiger partial charge on any atom is -0.348 e. The van der Waals surface area contributed by atoms with Crippen molar-refractivity contribution in [3.63, 3.8) is 0 Å². The fourth-order valence-electron chi connectivity index (χ4n) is 0.531. The molecule has 0 atom stereocenters. The first-order valence-corrected chi connectivity index (χ1v) is 3.98. The second kappa shape index (κ2) is 3.79. The molecule has 0 radical (unpaired) electrons. The number of nitrogens with one attached hydrogen (secondary N) is 1. The van der Waals surface area contributed by atoms with Gasteiger partial charge in [-0.1, -0.05) is 6.07 Å². The predicted octanol–water partition coefficient (Wildman–Crippen LogP) is 0.846. The Balaban J connectivity index is 2.66. The molecular weight excluding hydrogens is 158 g/mol. The number of rotatable bonds is 0. The molecule has 0 aliphatic rings. The molecule has 11 heavy (non-hydrogen) atoms.